The maximum atomic E-state index is 12.5. The Morgan fingerprint density at radius 1 is 1.39 bits per heavy atom. The van der Waals surface area contributed by atoms with E-state index in [1.54, 1.807) is 12.1 Å². The van der Waals surface area contributed by atoms with Crippen molar-refractivity contribution in [2.75, 3.05) is 32.8 Å². The summed E-state index contributed by atoms with van der Waals surface area (Å²) in [6.45, 7) is 7.39. The van der Waals surface area contributed by atoms with Gasteiger partial charge in [0.2, 0.25) is 10.0 Å². The van der Waals surface area contributed by atoms with E-state index in [9.17, 15) is 8.42 Å². The normalized spacial score (nSPS) is 19.0. The Bertz CT molecular complexity index is 678. The second-order valence-electron chi connectivity index (χ2n) is 5.91. The van der Waals surface area contributed by atoms with Crippen LogP contribution in [0.2, 0.25) is 0 Å². The van der Waals surface area contributed by atoms with Crippen molar-refractivity contribution in [3.63, 3.8) is 0 Å². The van der Waals surface area contributed by atoms with E-state index >= 15 is 0 Å². The highest BCUT2D eigenvalue weighted by atomic mass is 32.2. The van der Waals surface area contributed by atoms with E-state index in [1.165, 1.54) is 12.1 Å². The molecule has 0 unspecified atom stereocenters. The van der Waals surface area contributed by atoms with Crippen LogP contribution in [0.1, 0.15) is 25.8 Å². The van der Waals surface area contributed by atoms with Gasteiger partial charge in [-0.2, -0.15) is 5.26 Å². The van der Waals surface area contributed by atoms with E-state index in [0.29, 0.717) is 25.3 Å². The number of benzene rings is 1. The van der Waals surface area contributed by atoms with E-state index in [2.05, 4.69) is 23.5 Å². The molecule has 1 atom stereocenters. The average Bonchev–Trinajstić information content (AvgIpc) is 2.60. The number of nitrogens with zero attached hydrogens (tertiary/aromatic N) is 2. The smallest absolute Gasteiger partial charge is 0.240 e. The van der Waals surface area contributed by atoms with Crippen LogP contribution in [0.15, 0.2) is 29.2 Å². The average molecular weight is 337 g/mol. The van der Waals surface area contributed by atoms with Gasteiger partial charge in [0, 0.05) is 25.2 Å². The van der Waals surface area contributed by atoms with Gasteiger partial charge in [0.25, 0.3) is 0 Å². The van der Waals surface area contributed by atoms with Crippen LogP contribution in [0.5, 0.6) is 0 Å². The predicted octanol–water partition coefficient (Wildman–Crippen LogP) is 1.34. The maximum absolute atomic E-state index is 12.5. The quantitative estimate of drug-likeness (QED) is 0.847. The van der Waals surface area contributed by atoms with Gasteiger partial charge < -0.3 is 4.74 Å². The molecule has 1 saturated heterocycles. The van der Waals surface area contributed by atoms with Gasteiger partial charge in [-0.1, -0.05) is 13.0 Å². The van der Waals surface area contributed by atoms with Crippen LogP contribution >= 0.6 is 0 Å². The van der Waals surface area contributed by atoms with Crippen molar-refractivity contribution >= 4 is 10.0 Å². The van der Waals surface area contributed by atoms with Crippen molar-refractivity contribution in [1.82, 2.24) is 9.62 Å². The molecule has 2 rings (SSSR count). The Balaban J connectivity index is 2.11. The van der Waals surface area contributed by atoms with Gasteiger partial charge >= 0.3 is 0 Å². The number of nitriles is 1. The van der Waals surface area contributed by atoms with Gasteiger partial charge in [-0.05, 0) is 31.5 Å². The second kappa shape index (κ2) is 7.41. The zero-order valence-corrected chi connectivity index (χ0v) is 14.4. The first-order valence-corrected chi connectivity index (χ1v) is 9.22. The fourth-order valence-corrected chi connectivity index (χ4v) is 3.84. The van der Waals surface area contributed by atoms with Crippen LogP contribution < -0.4 is 4.72 Å². The first-order valence-electron chi connectivity index (χ1n) is 7.74. The Morgan fingerprint density at radius 3 is 2.70 bits per heavy atom. The summed E-state index contributed by atoms with van der Waals surface area (Å²) >= 11 is 0. The molecular weight excluding hydrogens is 314 g/mol. The molecule has 1 aromatic carbocycles. The summed E-state index contributed by atoms with van der Waals surface area (Å²) < 4.78 is 33.0. The lowest BCUT2D eigenvalue weighted by atomic mass is 9.96. The third-order valence-corrected chi connectivity index (χ3v) is 5.85. The summed E-state index contributed by atoms with van der Waals surface area (Å²) in [5.74, 6) is 0. The van der Waals surface area contributed by atoms with Crippen LogP contribution in [-0.2, 0) is 14.8 Å². The van der Waals surface area contributed by atoms with Crippen molar-refractivity contribution < 1.29 is 13.2 Å². The molecule has 1 aliphatic rings. The molecule has 1 N–H and O–H groups in total. The van der Waals surface area contributed by atoms with Gasteiger partial charge in [0.1, 0.15) is 0 Å². The molecule has 7 heteroatoms. The molecule has 0 bridgehead atoms. The van der Waals surface area contributed by atoms with Crippen LogP contribution in [0.25, 0.3) is 0 Å². The summed E-state index contributed by atoms with van der Waals surface area (Å²) in [6.07, 6.45) is 0.827. The molecule has 1 heterocycles. The lowest BCUT2D eigenvalue weighted by molar-refractivity contribution is -0.0157. The zero-order chi connectivity index (χ0) is 16.9. The van der Waals surface area contributed by atoms with Crippen LogP contribution in [0, 0.1) is 11.3 Å². The molecule has 0 spiro atoms. The highest BCUT2D eigenvalue weighted by molar-refractivity contribution is 7.89. The Labute approximate surface area is 138 Å². The van der Waals surface area contributed by atoms with E-state index in [1.807, 2.05) is 6.07 Å². The lowest BCUT2D eigenvalue weighted by Gasteiger charge is -2.43. The molecule has 0 saturated carbocycles. The van der Waals surface area contributed by atoms with E-state index in [-0.39, 0.29) is 10.4 Å². The van der Waals surface area contributed by atoms with Crippen LogP contribution in [-0.4, -0.2) is 51.7 Å². The largest absolute Gasteiger partial charge is 0.379 e. The minimum absolute atomic E-state index is 0.122. The first-order chi connectivity index (χ1) is 10.9. The van der Waals surface area contributed by atoms with Crippen molar-refractivity contribution in [2.45, 2.75) is 30.7 Å². The summed E-state index contributed by atoms with van der Waals surface area (Å²) in [5, 5.41) is 8.91. The molecule has 23 heavy (non-hydrogen) atoms. The Morgan fingerprint density at radius 2 is 2.09 bits per heavy atom. The molecule has 0 aromatic heterocycles. The third-order valence-electron chi connectivity index (χ3n) is 4.45. The number of hydrogen-bond donors (Lipinski definition) is 1. The Hall–Kier alpha value is -1.46. The highest BCUT2D eigenvalue weighted by Crippen LogP contribution is 2.21. The van der Waals surface area contributed by atoms with Crippen molar-refractivity contribution in [1.29, 1.82) is 5.26 Å². The maximum Gasteiger partial charge on any atom is 0.240 e. The zero-order valence-electron chi connectivity index (χ0n) is 13.6. The van der Waals surface area contributed by atoms with Crippen molar-refractivity contribution in [3.8, 4) is 6.07 Å². The number of hydrogen-bond acceptors (Lipinski definition) is 5. The fraction of sp³-hybridized carbons (Fsp3) is 0.562. The topological polar surface area (TPSA) is 82.4 Å². The predicted molar refractivity (Wildman–Crippen MR) is 87.4 cm³/mol. The first kappa shape index (κ1) is 17.9. The van der Waals surface area contributed by atoms with Gasteiger partial charge in [-0.15, -0.1) is 0 Å². The number of ether oxygens (including phenoxy) is 1. The van der Waals surface area contributed by atoms with E-state index < -0.39 is 10.0 Å². The summed E-state index contributed by atoms with van der Waals surface area (Å²) in [4.78, 5) is 2.39. The van der Waals surface area contributed by atoms with Gasteiger partial charge in [0.15, 0.2) is 0 Å². The van der Waals surface area contributed by atoms with E-state index in [4.69, 9.17) is 10.00 Å². The van der Waals surface area contributed by atoms with Gasteiger partial charge in [0.05, 0.1) is 29.7 Å². The monoisotopic (exact) mass is 337 g/mol. The molecule has 0 amide bonds. The minimum atomic E-state index is -3.63. The highest BCUT2D eigenvalue weighted by Gasteiger charge is 2.32. The minimum Gasteiger partial charge on any atom is -0.379 e. The standard InChI is InChI=1S/C16H23N3O3S/c1-3-16(2,19-7-9-22-10-8-19)13-18-23(20,21)15-6-4-5-14(11-15)12-17/h4-6,11,18H,3,7-10,13H2,1-2H3/t16-/m0/s1. The SMILES string of the molecule is CC[C@@](C)(CNS(=O)(=O)c1cccc(C#N)c1)N1CCOCC1. The molecule has 126 valence electrons. The summed E-state index contributed by atoms with van der Waals surface area (Å²) in [5.41, 5.74) is 0.0725. The van der Waals surface area contributed by atoms with Crippen LogP contribution in [0.4, 0.5) is 0 Å². The van der Waals surface area contributed by atoms with Crippen molar-refractivity contribution in [3.05, 3.63) is 29.8 Å². The molecule has 0 radical (unpaired) electrons. The number of rotatable bonds is 6. The lowest BCUT2D eigenvalue weighted by Crippen LogP contribution is -2.56. The summed E-state index contributed by atoms with van der Waals surface area (Å²) in [6, 6.07) is 8.01. The molecule has 1 fully saturated rings. The molecule has 1 aromatic rings. The second-order valence-corrected chi connectivity index (χ2v) is 7.68. The van der Waals surface area contributed by atoms with Gasteiger partial charge in [-0.25, -0.2) is 13.1 Å². The van der Waals surface area contributed by atoms with E-state index in [0.717, 1.165) is 19.5 Å². The fourth-order valence-electron chi connectivity index (χ4n) is 2.63. The number of morpholine rings is 1. The van der Waals surface area contributed by atoms with Gasteiger partial charge in [-0.3, -0.25) is 4.90 Å². The van der Waals surface area contributed by atoms with Crippen molar-refractivity contribution in [2.24, 2.45) is 0 Å². The summed E-state index contributed by atoms with van der Waals surface area (Å²) in [7, 11) is -3.63. The number of nitrogens with one attached hydrogen (secondary N) is 1. The number of sulfonamides is 1. The molecule has 0 aliphatic carbocycles. The molecular formula is C16H23N3O3S. The molecule has 1 aliphatic heterocycles. The van der Waals surface area contributed by atoms with Crippen LogP contribution in [0.3, 0.4) is 0 Å². The third kappa shape index (κ3) is 4.30. The molecule has 6 nitrogen and oxygen atoms in total. The Kier molecular flexibility index (Phi) is 5.76.